The van der Waals surface area contributed by atoms with Crippen molar-refractivity contribution in [3.8, 4) is 0 Å². The van der Waals surface area contributed by atoms with Gasteiger partial charge in [-0.05, 0) is 66.4 Å². The van der Waals surface area contributed by atoms with Crippen molar-refractivity contribution in [2.75, 3.05) is 6.54 Å². The number of piperidine rings is 1. The van der Waals surface area contributed by atoms with E-state index in [1.165, 1.54) is 0 Å². The van der Waals surface area contributed by atoms with Crippen molar-refractivity contribution >= 4 is 29.6 Å². The first kappa shape index (κ1) is 30.5. The molecule has 3 aliphatic rings. The summed E-state index contributed by atoms with van der Waals surface area (Å²) >= 11 is 0. The molecule has 1 saturated carbocycles. The Balaban J connectivity index is 1.60. The second-order valence-electron chi connectivity index (χ2n) is 12.9. The summed E-state index contributed by atoms with van der Waals surface area (Å²) in [5.41, 5.74) is 7.34. The van der Waals surface area contributed by atoms with Gasteiger partial charge in [-0.25, -0.2) is 4.79 Å². The summed E-state index contributed by atoms with van der Waals surface area (Å²) in [6.07, 6.45) is 1.03. The van der Waals surface area contributed by atoms with Gasteiger partial charge in [0.25, 0.3) is 5.91 Å². The SMILES string of the molecule is CCCC(NC(=O)C1C2C(CN1C(=O)C(NC(=O)OC(C)C(C)C)C1Cc3ccccc3C1)C2(C)C)C(=O)C(N)=O. The fourth-order valence-corrected chi connectivity index (χ4v) is 6.65. The molecule has 1 heterocycles. The zero-order valence-electron chi connectivity index (χ0n) is 24.9. The molecular formula is C31H44N4O6. The molecule has 0 spiro atoms. The Bertz CT molecular complexity index is 1190. The number of amides is 4. The van der Waals surface area contributed by atoms with Crippen LogP contribution < -0.4 is 16.4 Å². The molecule has 41 heavy (non-hydrogen) atoms. The van der Waals surface area contributed by atoms with Crippen molar-refractivity contribution in [1.82, 2.24) is 15.5 Å². The van der Waals surface area contributed by atoms with Gasteiger partial charge in [0.15, 0.2) is 0 Å². The molecule has 4 amide bonds. The average molecular weight is 569 g/mol. The standard InChI is InChI=1S/C31H44N4O6/c1-7-10-22(26(36)27(32)37)33-28(38)25-23-21(31(23,5)6)15-35(25)29(39)24(34-30(40)41-17(4)16(2)3)20-13-18-11-8-9-12-19(18)14-20/h8-9,11-12,16-17,20-25H,7,10,13-15H2,1-6H3,(H2,32,37)(H,33,38)(H,34,40). The van der Waals surface area contributed by atoms with E-state index in [0.29, 0.717) is 25.8 Å². The smallest absolute Gasteiger partial charge is 0.408 e. The molecule has 1 saturated heterocycles. The molecule has 6 unspecified atom stereocenters. The molecule has 4 rings (SSSR count). The number of nitrogens with two attached hydrogens (primary N) is 1. The van der Waals surface area contributed by atoms with E-state index < -0.39 is 41.8 Å². The highest BCUT2D eigenvalue weighted by molar-refractivity contribution is 6.37. The third kappa shape index (κ3) is 6.11. The van der Waals surface area contributed by atoms with Crippen molar-refractivity contribution in [2.45, 2.75) is 91.5 Å². The van der Waals surface area contributed by atoms with Gasteiger partial charge < -0.3 is 26.0 Å². The Hall–Kier alpha value is -3.43. The molecule has 0 bridgehead atoms. The van der Waals surface area contributed by atoms with Gasteiger partial charge in [0, 0.05) is 6.54 Å². The summed E-state index contributed by atoms with van der Waals surface area (Å²) in [7, 11) is 0. The van der Waals surface area contributed by atoms with Crippen molar-refractivity contribution in [1.29, 1.82) is 0 Å². The number of benzene rings is 1. The molecule has 1 aromatic carbocycles. The summed E-state index contributed by atoms with van der Waals surface area (Å²) in [6, 6.07) is 5.20. The minimum atomic E-state index is -1.10. The van der Waals surface area contributed by atoms with Crippen LogP contribution in [0.15, 0.2) is 24.3 Å². The van der Waals surface area contributed by atoms with E-state index in [2.05, 4.69) is 24.5 Å². The lowest BCUT2D eigenvalue weighted by atomic mass is 9.93. The predicted molar refractivity (Wildman–Crippen MR) is 152 cm³/mol. The lowest BCUT2D eigenvalue weighted by molar-refractivity contribution is -0.144. The van der Waals surface area contributed by atoms with Crippen molar-refractivity contribution in [2.24, 2.45) is 34.8 Å². The molecule has 0 aromatic heterocycles. The largest absolute Gasteiger partial charge is 0.446 e. The molecule has 10 heteroatoms. The maximum Gasteiger partial charge on any atom is 0.408 e. The van der Waals surface area contributed by atoms with Gasteiger partial charge in [0.05, 0.1) is 6.04 Å². The Morgan fingerprint density at radius 3 is 2.20 bits per heavy atom. The van der Waals surface area contributed by atoms with Crippen LogP contribution in [-0.2, 0) is 36.8 Å². The number of nitrogens with zero attached hydrogens (tertiary/aromatic N) is 1. The van der Waals surface area contributed by atoms with Gasteiger partial charge in [0.2, 0.25) is 17.6 Å². The van der Waals surface area contributed by atoms with Crippen LogP contribution in [0.25, 0.3) is 0 Å². The van der Waals surface area contributed by atoms with E-state index in [0.717, 1.165) is 11.1 Å². The van der Waals surface area contributed by atoms with Crippen LogP contribution in [0.2, 0.25) is 0 Å². The van der Waals surface area contributed by atoms with Gasteiger partial charge in [-0.15, -0.1) is 0 Å². The van der Waals surface area contributed by atoms with E-state index in [-0.39, 0.29) is 47.5 Å². The van der Waals surface area contributed by atoms with Crippen molar-refractivity contribution in [3.05, 3.63) is 35.4 Å². The van der Waals surface area contributed by atoms with Crippen LogP contribution in [0, 0.1) is 29.1 Å². The van der Waals surface area contributed by atoms with Gasteiger partial charge in [0.1, 0.15) is 18.2 Å². The number of ether oxygens (including phenoxy) is 1. The number of hydrogen-bond donors (Lipinski definition) is 3. The summed E-state index contributed by atoms with van der Waals surface area (Å²) in [6.45, 7) is 12.0. The van der Waals surface area contributed by atoms with E-state index >= 15 is 0 Å². The first-order valence-corrected chi connectivity index (χ1v) is 14.8. The van der Waals surface area contributed by atoms with E-state index in [4.69, 9.17) is 10.5 Å². The van der Waals surface area contributed by atoms with Gasteiger partial charge in [-0.2, -0.15) is 0 Å². The molecule has 224 valence electrons. The van der Waals surface area contributed by atoms with Crippen LogP contribution in [0.1, 0.15) is 65.5 Å². The number of likely N-dealkylation sites (tertiary alicyclic amines) is 1. The number of carbonyl (C=O) groups excluding carboxylic acids is 5. The Morgan fingerprint density at radius 2 is 1.66 bits per heavy atom. The number of carbonyl (C=O) groups is 5. The Kier molecular flexibility index (Phi) is 8.80. The lowest BCUT2D eigenvalue weighted by Gasteiger charge is -2.35. The molecule has 2 fully saturated rings. The monoisotopic (exact) mass is 568 g/mol. The van der Waals surface area contributed by atoms with Crippen LogP contribution in [0.5, 0.6) is 0 Å². The minimum Gasteiger partial charge on any atom is -0.446 e. The quantitative estimate of drug-likeness (QED) is 0.349. The topological polar surface area (TPSA) is 148 Å². The fraction of sp³-hybridized carbons (Fsp3) is 0.645. The van der Waals surface area contributed by atoms with Gasteiger partial charge in [-0.1, -0.05) is 65.3 Å². The highest BCUT2D eigenvalue weighted by Crippen LogP contribution is 2.65. The second-order valence-corrected chi connectivity index (χ2v) is 12.9. The molecule has 1 aromatic rings. The van der Waals surface area contributed by atoms with Crippen molar-refractivity contribution in [3.63, 3.8) is 0 Å². The molecule has 4 N–H and O–H groups in total. The summed E-state index contributed by atoms with van der Waals surface area (Å²) in [5, 5.41) is 5.59. The first-order valence-electron chi connectivity index (χ1n) is 14.8. The van der Waals surface area contributed by atoms with E-state index in [1.807, 2.05) is 52.0 Å². The van der Waals surface area contributed by atoms with Gasteiger partial charge in [-0.3, -0.25) is 19.2 Å². The molecule has 0 radical (unpaired) electrons. The molecule has 10 nitrogen and oxygen atoms in total. The highest BCUT2D eigenvalue weighted by Gasteiger charge is 2.69. The number of primary amides is 1. The van der Waals surface area contributed by atoms with Crippen LogP contribution >= 0.6 is 0 Å². The first-order chi connectivity index (χ1) is 19.3. The summed E-state index contributed by atoms with van der Waals surface area (Å²) < 4.78 is 5.58. The van der Waals surface area contributed by atoms with Crippen molar-refractivity contribution < 1.29 is 28.7 Å². The maximum absolute atomic E-state index is 14.3. The number of rotatable bonds is 11. The zero-order chi connectivity index (χ0) is 30.2. The number of nitrogens with one attached hydrogen (secondary N) is 2. The third-order valence-corrected chi connectivity index (χ3v) is 9.54. The minimum absolute atomic E-state index is 0.103. The summed E-state index contributed by atoms with van der Waals surface area (Å²) in [5.74, 6) is -2.88. The number of alkyl carbamates (subject to hydrolysis) is 1. The average Bonchev–Trinajstić information content (AvgIpc) is 3.29. The fourth-order valence-electron chi connectivity index (χ4n) is 6.65. The highest BCUT2D eigenvalue weighted by atomic mass is 16.6. The summed E-state index contributed by atoms with van der Waals surface area (Å²) in [4.78, 5) is 66.7. The predicted octanol–water partition coefficient (Wildman–Crippen LogP) is 2.36. The van der Waals surface area contributed by atoms with Crippen LogP contribution in [-0.4, -0.2) is 65.3 Å². The Labute approximate surface area is 242 Å². The Morgan fingerprint density at radius 1 is 1.05 bits per heavy atom. The van der Waals surface area contributed by atoms with E-state index in [1.54, 1.807) is 4.90 Å². The normalized spacial score (nSPS) is 24.6. The number of Topliss-reactive ketones (excluding diaryl/α,β-unsaturated/α-hetero) is 1. The van der Waals surface area contributed by atoms with Crippen LogP contribution in [0.4, 0.5) is 4.79 Å². The van der Waals surface area contributed by atoms with Gasteiger partial charge >= 0.3 is 6.09 Å². The number of hydrogen-bond acceptors (Lipinski definition) is 6. The second kappa shape index (κ2) is 11.8. The molecule has 2 aliphatic carbocycles. The maximum atomic E-state index is 14.3. The molecular weight excluding hydrogens is 524 g/mol. The third-order valence-electron chi connectivity index (χ3n) is 9.54. The molecule has 6 atom stereocenters. The number of ketones is 1. The zero-order valence-corrected chi connectivity index (χ0v) is 24.9. The molecule has 1 aliphatic heterocycles. The number of fused-ring (bicyclic) bond motifs is 2. The van der Waals surface area contributed by atoms with E-state index in [9.17, 15) is 24.0 Å². The van der Waals surface area contributed by atoms with Crippen LogP contribution in [0.3, 0.4) is 0 Å². The lowest BCUT2D eigenvalue weighted by Crippen LogP contribution is -2.59.